The zero-order valence-electron chi connectivity index (χ0n) is 17.9. The lowest BCUT2D eigenvalue weighted by Crippen LogP contribution is -2.30. The highest BCUT2D eigenvalue weighted by molar-refractivity contribution is 8.05. The average molecular weight is 440 g/mol. The highest BCUT2D eigenvalue weighted by atomic mass is 32.2. The summed E-state index contributed by atoms with van der Waals surface area (Å²) in [5, 5.41) is 7.58. The van der Waals surface area contributed by atoms with E-state index in [4.69, 9.17) is 0 Å². The fourth-order valence-electron chi connectivity index (χ4n) is 4.00. The molecular formula is C27H25N3OS. The van der Waals surface area contributed by atoms with Crippen molar-refractivity contribution in [3.8, 4) is 0 Å². The third kappa shape index (κ3) is 4.30. The first-order valence-electron chi connectivity index (χ1n) is 10.9. The van der Waals surface area contributed by atoms with Gasteiger partial charge in [0, 0.05) is 34.9 Å². The molecule has 1 saturated heterocycles. The van der Waals surface area contributed by atoms with Gasteiger partial charge in [0.05, 0.1) is 4.91 Å². The zero-order valence-corrected chi connectivity index (χ0v) is 18.7. The number of nitrogens with one attached hydrogen (secondary N) is 2. The number of benzene rings is 3. The molecule has 0 radical (unpaired) electrons. The average Bonchev–Trinajstić information content (AvgIpc) is 3.35. The quantitative estimate of drug-likeness (QED) is 0.370. The van der Waals surface area contributed by atoms with Crippen LogP contribution in [-0.4, -0.2) is 16.0 Å². The van der Waals surface area contributed by atoms with Gasteiger partial charge in [0.15, 0.2) is 5.50 Å². The maximum Gasteiger partial charge on any atom is 0.260 e. The first-order chi connectivity index (χ1) is 15.7. The lowest BCUT2D eigenvalue weighted by atomic mass is 10.1. The standard InChI is InChI=1S/C27H25N3OS/c1-2-19-12-14-22(15-13-19)28-27-29-26(31)25(32-27)16-21-18-30(17-20-8-4-3-5-9-20)24-11-7-6-10-23(21)24/h3-16,18,27-28H,2,17H2,1H3,(H,29,31)/b25-16-/t27-/m1/s1. The molecule has 1 aliphatic rings. The summed E-state index contributed by atoms with van der Waals surface area (Å²) in [4.78, 5) is 13.4. The van der Waals surface area contributed by atoms with Gasteiger partial charge in [-0.15, -0.1) is 0 Å². The monoisotopic (exact) mass is 439 g/mol. The number of hydrogen-bond acceptors (Lipinski definition) is 3. The van der Waals surface area contributed by atoms with Crippen molar-refractivity contribution in [1.29, 1.82) is 0 Å². The van der Waals surface area contributed by atoms with E-state index in [-0.39, 0.29) is 11.4 Å². The van der Waals surface area contributed by atoms with Crippen molar-refractivity contribution in [2.75, 3.05) is 5.32 Å². The number of hydrogen-bond donors (Lipinski definition) is 2. The van der Waals surface area contributed by atoms with Crippen LogP contribution in [0.25, 0.3) is 17.0 Å². The predicted octanol–water partition coefficient (Wildman–Crippen LogP) is 5.85. The SMILES string of the molecule is CCc1ccc(N[C@@H]2NC(=O)/C(=C/c3cn(Cc4ccccc4)c4ccccc34)S2)cc1. The maximum atomic E-state index is 12.7. The normalized spacial score (nSPS) is 17.1. The molecule has 1 fully saturated rings. The largest absolute Gasteiger partial charge is 0.357 e. The molecule has 0 spiro atoms. The first kappa shape index (κ1) is 20.5. The van der Waals surface area contributed by atoms with E-state index in [1.807, 2.05) is 18.2 Å². The number of rotatable bonds is 6. The van der Waals surface area contributed by atoms with Crippen LogP contribution in [0.2, 0.25) is 0 Å². The highest BCUT2D eigenvalue weighted by Gasteiger charge is 2.27. The molecule has 2 heterocycles. The van der Waals surface area contributed by atoms with Gasteiger partial charge in [-0.25, -0.2) is 0 Å². The van der Waals surface area contributed by atoms with E-state index in [2.05, 4.69) is 95.1 Å². The van der Waals surface area contributed by atoms with E-state index in [0.29, 0.717) is 0 Å². The van der Waals surface area contributed by atoms with Crippen LogP contribution in [0.3, 0.4) is 0 Å². The van der Waals surface area contributed by atoms with Gasteiger partial charge in [0.2, 0.25) is 0 Å². The van der Waals surface area contributed by atoms with Crippen molar-refractivity contribution in [1.82, 2.24) is 9.88 Å². The number of carbonyl (C=O) groups is 1. The number of amides is 1. The number of aromatic nitrogens is 1. The smallest absolute Gasteiger partial charge is 0.260 e. The van der Waals surface area contributed by atoms with Crippen LogP contribution in [0, 0.1) is 0 Å². The summed E-state index contributed by atoms with van der Waals surface area (Å²) < 4.78 is 2.25. The molecule has 1 aliphatic heterocycles. The Morgan fingerprint density at radius 1 is 0.969 bits per heavy atom. The van der Waals surface area contributed by atoms with E-state index < -0.39 is 0 Å². The van der Waals surface area contributed by atoms with Crippen molar-refractivity contribution in [3.63, 3.8) is 0 Å². The van der Waals surface area contributed by atoms with Crippen molar-refractivity contribution in [2.24, 2.45) is 0 Å². The molecule has 160 valence electrons. The third-order valence-electron chi connectivity index (χ3n) is 5.69. The van der Waals surface area contributed by atoms with Crippen molar-refractivity contribution in [2.45, 2.75) is 25.4 Å². The fraction of sp³-hybridized carbons (Fsp3) is 0.148. The van der Waals surface area contributed by atoms with Crippen LogP contribution in [0.5, 0.6) is 0 Å². The Hall–Kier alpha value is -3.44. The second kappa shape index (κ2) is 8.97. The molecule has 2 N–H and O–H groups in total. The summed E-state index contributed by atoms with van der Waals surface area (Å²) in [7, 11) is 0. The molecule has 1 aromatic heterocycles. The summed E-state index contributed by atoms with van der Waals surface area (Å²) in [6, 6.07) is 27.1. The minimum atomic E-state index is -0.182. The number of nitrogens with zero attached hydrogens (tertiary/aromatic N) is 1. The van der Waals surface area contributed by atoms with E-state index in [0.717, 1.165) is 40.0 Å². The number of fused-ring (bicyclic) bond motifs is 1. The Morgan fingerprint density at radius 2 is 1.72 bits per heavy atom. The summed E-state index contributed by atoms with van der Waals surface area (Å²) in [6.07, 6.45) is 5.16. The van der Waals surface area contributed by atoms with Gasteiger partial charge in [0.25, 0.3) is 5.91 Å². The Bertz CT molecular complexity index is 1280. The predicted molar refractivity (Wildman–Crippen MR) is 134 cm³/mol. The molecule has 5 rings (SSSR count). The van der Waals surface area contributed by atoms with Crippen LogP contribution < -0.4 is 10.6 Å². The lowest BCUT2D eigenvalue weighted by Gasteiger charge is -2.12. The van der Waals surface area contributed by atoms with Crippen molar-refractivity contribution in [3.05, 3.63) is 107 Å². The molecule has 4 nitrogen and oxygen atoms in total. The highest BCUT2D eigenvalue weighted by Crippen LogP contribution is 2.32. The minimum absolute atomic E-state index is 0.0439. The van der Waals surface area contributed by atoms with Gasteiger partial charge in [-0.2, -0.15) is 0 Å². The summed E-state index contributed by atoms with van der Waals surface area (Å²) in [5.41, 5.74) is 5.59. The second-order valence-electron chi connectivity index (χ2n) is 7.89. The molecule has 0 bridgehead atoms. The van der Waals surface area contributed by atoms with Gasteiger partial charge in [-0.3, -0.25) is 4.79 Å². The molecule has 1 atom stereocenters. The number of carbonyl (C=O) groups excluding carboxylic acids is 1. The lowest BCUT2D eigenvalue weighted by molar-refractivity contribution is -0.116. The van der Waals surface area contributed by atoms with Crippen LogP contribution >= 0.6 is 11.8 Å². The van der Waals surface area contributed by atoms with Gasteiger partial charge in [-0.1, -0.05) is 79.3 Å². The molecule has 5 heteroatoms. The Morgan fingerprint density at radius 3 is 2.50 bits per heavy atom. The summed E-state index contributed by atoms with van der Waals surface area (Å²) >= 11 is 1.52. The summed E-state index contributed by atoms with van der Waals surface area (Å²) in [6.45, 7) is 2.94. The van der Waals surface area contributed by atoms with E-state index in [1.54, 1.807) is 0 Å². The molecule has 1 amide bonds. The number of anilines is 1. The zero-order chi connectivity index (χ0) is 21.9. The first-order valence-corrected chi connectivity index (χ1v) is 11.7. The molecule has 3 aromatic carbocycles. The molecule has 32 heavy (non-hydrogen) atoms. The number of thioether (sulfide) groups is 1. The molecule has 4 aromatic rings. The Balaban J connectivity index is 1.39. The topological polar surface area (TPSA) is 46.1 Å². The van der Waals surface area contributed by atoms with Crippen molar-refractivity contribution < 1.29 is 4.79 Å². The fourth-order valence-corrected chi connectivity index (χ4v) is 4.97. The molecular weight excluding hydrogens is 414 g/mol. The second-order valence-corrected chi connectivity index (χ2v) is 9.04. The van der Waals surface area contributed by atoms with E-state index >= 15 is 0 Å². The van der Waals surface area contributed by atoms with Crippen LogP contribution in [-0.2, 0) is 17.8 Å². The third-order valence-corrected chi connectivity index (χ3v) is 6.72. The maximum absolute atomic E-state index is 12.7. The molecule has 0 aliphatic carbocycles. The van der Waals surface area contributed by atoms with Crippen LogP contribution in [0.1, 0.15) is 23.6 Å². The van der Waals surface area contributed by atoms with Crippen molar-refractivity contribution >= 4 is 40.3 Å². The Kier molecular flexibility index (Phi) is 5.73. The molecule has 0 saturated carbocycles. The van der Waals surface area contributed by atoms with Gasteiger partial charge < -0.3 is 15.2 Å². The van der Waals surface area contributed by atoms with E-state index in [1.165, 1.54) is 22.9 Å². The van der Waals surface area contributed by atoms with E-state index in [9.17, 15) is 4.79 Å². The number of aryl methyl sites for hydroxylation is 1. The number of para-hydroxylation sites is 1. The minimum Gasteiger partial charge on any atom is -0.357 e. The van der Waals surface area contributed by atoms with Gasteiger partial charge in [0.1, 0.15) is 0 Å². The molecule has 0 unspecified atom stereocenters. The Labute approximate surface area is 192 Å². The van der Waals surface area contributed by atoms with Gasteiger partial charge in [-0.05, 0) is 41.8 Å². The van der Waals surface area contributed by atoms with Crippen LogP contribution in [0.15, 0.2) is 90.0 Å². The van der Waals surface area contributed by atoms with Crippen LogP contribution in [0.4, 0.5) is 5.69 Å². The summed E-state index contributed by atoms with van der Waals surface area (Å²) in [5.74, 6) is -0.0439. The van der Waals surface area contributed by atoms with Gasteiger partial charge >= 0.3 is 0 Å².